The van der Waals surface area contributed by atoms with E-state index in [1.54, 1.807) is 42.5 Å². The second-order valence-corrected chi connectivity index (χ2v) is 5.28. The zero-order valence-electron chi connectivity index (χ0n) is 13.3. The highest BCUT2D eigenvalue weighted by Gasteiger charge is 2.13. The molecule has 0 aromatic heterocycles. The maximum Gasteiger partial charge on any atom is 0.233 e. The summed E-state index contributed by atoms with van der Waals surface area (Å²) < 4.78 is 10.3. The number of hydrogen-bond donors (Lipinski definition) is 2. The molecular formula is C17H17ClN2O4. The van der Waals surface area contributed by atoms with E-state index in [-0.39, 0.29) is 6.42 Å². The Kier molecular flexibility index (Phi) is 6.03. The molecule has 0 spiro atoms. The summed E-state index contributed by atoms with van der Waals surface area (Å²) in [6, 6.07) is 11.6. The molecule has 126 valence electrons. The van der Waals surface area contributed by atoms with Gasteiger partial charge in [0.2, 0.25) is 11.8 Å². The predicted molar refractivity (Wildman–Crippen MR) is 92.9 cm³/mol. The summed E-state index contributed by atoms with van der Waals surface area (Å²) in [5.74, 6) is 0.142. The number of benzene rings is 2. The number of amides is 2. The fourth-order valence-corrected chi connectivity index (χ4v) is 2.12. The van der Waals surface area contributed by atoms with Crippen molar-refractivity contribution in [1.29, 1.82) is 0 Å². The standard InChI is InChI=1S/C17H17ClN2O4/c1-23-13-7-8-15(24-2)14(9-13)20-17(22)10-16(21)19-12-5-3-11(18)4-6-12/h3-9H,10H2,1-2H3,(H,19,21)(H,20,22). The summed E-state index contributed by atoms with van der Waals surface area (Å²) in [6.45, 7) is 0. The van der Waals surface area contributed by atoms with Gasteiger partial charge in [-0.1, -0.05) is 11.6 Å². The van der Waals surface area contributed by atoms with E-state index < -0.39 is 11.8 Å². The zero-order valence-corrected chi connectivity index (χ0v) is 14.0. The summed E-state index contributed by atoms with van der Waals surface area (Å²) in [7, 11) is 3.01. The highest BCUT2D eigenvalue weighted by Crippen LogP contribution is 2.28. The molecule has 0 unspecified atom stereocenters. The fraction of sp³-hybridized carbons (Fsp3) is 0.176. The van der Waals surface area contributed by atoms with Crippen LogP contribution in [0, 0.1) is 0 Å². The molecule has 0 bridgehead atoms. The van der Waals surface area contributed by atoms with E-state index in [1.165, 1.54) is 14.2 Å². The van der Waals surface area contributed by atoms with Crippen molar-refractivity contribution in [2.75, 3.05) is 24.9 Å². The quantitative estimate of drug-likeness (QED) is 0.785. The number of ether oxygens (including phenoxy) is 2. The summed E-state index contributed by atoms with van der Waals surface area (Å²) in [5, 5.41) is 5.82. The van der Waals surface area contributed by atoms with Gasteiger partial charge in [0.15, 0.2) is 0 Å². The molecule has 0 aliphatic carbocycles. The minimum Gasteiger partial charge on any atom is -0.497 e. The van der Waals surface area contributed by atoms with Crippen LogP contribution >= 0.6 is 11.6 Å². The number of carbonyl (C=O) groups is 2. The molecule has 0 radical (unpaired) electrons. The third-order valence-corrected chi connectivity index (χ3v) is 3.38. The molecule has 0 saturated carbocycles. The summed E-state index contributed by atoms with van der Waals surface area (Å²) in [4.78, 5) is 24.0. The average Bonchev–Trinajstić information content (AvgIpc) is 2.56. The SMILES string of the molecule is COc1ccc(OC)c(NC(=O)CC(=O)Nc2ccc(Cl)cc2)c1. The number of nitrogens with one attached hydrogen (secondary N) is 2. The van der Waals surface area contributed by atoms with Crippen molar-refractivity contribution in [3.05, 3.63) is 47.5 Å². The maximum absolute atomic E-state index is 12.0. The van der Waals surface area contributed by atoms with Gasteiger partial charge in [-0.2, -0.15) is 0 Å². The van der Waals surface area contributed by atoms with E-state index in [0.29, 0.717) is 27.9 Å². The largest absolute Gasteiger partial charge is 0.497 e. The summed E-state index contributed by atoms with van der Waals surface area (Å²) in [5.41, 5.74) is 0.998. The van der Waals surface area contributed by atoms with Crippen molar-refractivity contribution in [3.63, 3.8) is 0 Å². The maximum atomic E-state index is 12.0. The Hall–Kier alpha value is -2.73. The second-order valence-electron chi connectivity index (χ2n) is 4.85. The molecule has 0 aliphatic heterocycles. The normalized spacial score (nSPS) is 9.96. The molecule has 2 aromatic rings. The molecule has 2 amide bonds. The van der Waals surface area contributed by atoms with E-state index in [9.17, 15) is 9.59 Å². The van der Waals surface area contributed by atoms with Crippen LogP contribution in [-0.2, 0) is 9.59 Å². The first-order valence-corrected chi connectivity index (χ1v) is 7.47. The van der Waals surface area contributed by atoms with Gasteiger partial charge in [-0.25, -0.2) is 0 Å². The lowest BCUT2D eigenvalue weighted by Crippen LogP contribution is -2.21. The van der Waals surface area contributed by atoms with Crippen LogP contribution in [0.1, 0.15) is 6.42 Å². The second kappa shape index (κ2) is 8.21. The Labute approximate surface area is 144 Å². The Morgan fingerprint density at radius 1 is 0.958 bits per heavy atom. The Morgan fingerprint density at radius 3 is 2.25 bits per heavy atom. The van der Waals surface area contributed by atoms with Gasteiger partial charge in [-0.05, 0) is 36.4 Å². The molecule has 6 nitrogen and oxygen atoms in total. The van der Waals surface area contributed by atoms with Crippen LogP contribution in [0.25, 0.3) is 0 Å². The van der Waals surface area contributed by atoms with E-state index in [4.69, 9.17) is 21.1 Å². The summed E-state index contributed by atoms with van der Waals surface area (Å²) in [6.07, 6.45) is -0.330. The van der Waals surface area contributed by atoms with E-state index in [2.05, 4.69) is 10.6 Å². The predicted octanol–water partition coefficient (Wildman–Crippen LogP) is 3.32. The monoisotopic (exact) mass is 348 g/mol. The first kappa shape index (κ1) is 17.6. The van der Waals surface area contributed by atoms with Crippen molar-refractivity contribution in [2.45, 2.75) is 6.42 Å². The van der Waals surface area contributed by atoms with Gasteiger partial charge in [-0.3, -0.25) is 9.59 Å². The van der Waals surface area contributed by atoms with Gasteiger partial charge in [0.25, 0.3) is 0 Å². The van der Waals surface area contributed by atoms with Gasteiger partial charge < -0.3 is 20.1 Å². The number of anilines is 2. The van der Waals surface area contributed by atoms with Gasteiger partial charge in [0.1, 0.15) is 17.9 Å². The van der Waals surface area contributed by atoms with Crippen molar-refractivity contribution >= 4 is 34.8 Å². The zero-order chi connectivity index (χ0) is 17.5. The first-order valence-electron chi connectivity index (χ1n) is 7.09. The summed E-state index contributed by atoms with van der Waals surface area (Å²) >= 11 is 5.78. The lowest BCUT2D eigenvalue weighted by Gasteiger charge is -2.12. The van der Waals surface area contributed by atoms with Crippen molar-refractivity contribution in [2.24, 2.45) is 0 Å². The Bertz CT molecular complexity index is 732. The van der Waals surface area contributed by atoms with Crippen molar-refractivity contribution in [3.8, 4) is 11.5 Å². The third-order valence-electron chi connectivity index (χ3n) is 3.13. The lowest BCUT2D eigenvalue weighted by atomic mass is 10.2. The fourth-order valence-electron chi connectivity index (χ4n) is 1.99. The highest BCUT2D eigenvalue weighted by molar-refractivity contribution is 6.30. The molecule has 2 N–H and O–H groups in total. The van der Waals surface area contributed by atoms with Gasteiger partial charge in [-0.15, -0.1) is 0 Å². The molecule has 0 fully saturated rings. The van der Waals surface area contributed by atoms with Crippen LogP contribution in [0.5, 0.6) is 11.5 Å². The number of carbonyl (C=O) groups excluding carboxylic acids is 2. The average molecular weight is 349 g/mol. The Morgan fingerprint density at radius 2 is 1.62 bits per heavy atom. The van der Waals surface area contributed by atoms with Crippen LogP contribution in [0.4, 0.5) is 11.4 Å². The lowest BCUT2D eigenvalue weighted by molar-refractivity contribution is -0.123. The minimum absolute atomic E-state index is 0.330. The molecule has 24 heavy (non-hydrogen) atoms. The van der Waals surface area contributed by atoms with Crippen LogP contribution < -0.4 is 20.1 Å². The molecule has 0 atom stereocenters. The van der Waals surface area contributed by atoms with E-state index in [0.717, 1.165) is 0 Å². The number of halogens is 1. The minimum atomic E-state index is -0.465. The highest BCUT2D eigenvalue weighted by atomic mass is 35.5. The van der Waals surface area contributed by atoms with Crippen LogP contribution in [0.3, 0.4) is 0 Å². The molecule has 0 aliphatic rings. The smallest absolute Gasteiger partial charge is 0.233 e. The van der Waals surface area contributed by atoms with E-state index in [1.807, 2.05) is 0 Å². The Balaban J connectivity index is 1.97. The molecule has 7 heteroatoms. The number of methoxy groups -OCH3 is 2. The van der Waals surface area contributed by atoms with Gasteiger partial charge in [0.05, 0.1) is 19.9 Å². The van der Waals surface area contributed by atoms with Gasteiger partial charge >= 0.3 is 0 Å². The molecule has 2 aromatic carbocycles. The molecule has 0 saturated heterocycles. The third kappa shape index (κ3) is 4.89. The van der Waals surface area contributed by atoms with Crippen LogP contribution in [0.2, 0.25) is 5.02 Å². The first-order chi connectivity index (χ1) is 11.5. The van der Waals surface area contributed by atoms with Crippen molar-refractivity contribution in [1.82, 2.24) is 0 Å². The topological polar surface area (TPSA) is 76.7 Å². The molecule has 0 heterocycles. The van der Waals surface area contributed by atoms with E-state index >= 15 is 0 Å². The van der Waals surface area contributed by atoms with Crippen molar-refractivity contribution < 1.29 is 19.1 Å². The molecular weight excluding hydrogens is 332 g/mol. The van der Waals surface area contributed by atoms with Gasteiger partial charge in [0, 0.05) is 16.8 Å². The number of rotatable bonds is 6. The van der Waals surface area contributed by atoms with Crippen LogP contribution in [0.15, 0.2) is 42.5 Å². The molecule has 2 rings (SSSR count). The number of hydrogen-bond acceptors (Lipinski definition) is 4. The van der Waals surface area contributed by atoms with Crippen LogP contribution in [-0.4, -0.2) is 26.0 Å².